The number of aromatic nitrogens is 3. The Balaban J connectivity index is 1.44. The molecule has 1 amide bonds. The van der Waals surface area contributed by atoms with Crippen LogP contribution in [0.2, 0.25) is 0 Å². The van der Waals surface area contributed by atoms with E-state index in [1.54, 1.807) is 12.1 Å². The summed E-state index contributed by atoms with van der Waals surface area (Å²) in [6.07, 6.45) is 2.76. The number of likely N-dealkylation sites (tertiary alicyclic amines) is 1. The van der Waals surface area contributed by atoms with Gasteiger partial charge in [-0.05, 0) is 57.0 Å². The van der Waals surface area contributed by atoms with Gasteiger partial charge >= 0.3 is 0 Å². The quantitative estimate of drug-likeness (QED) is 0.813. The molecule has 0 unspecified atom stereocenters. The summed E-state index contributed by atoms with van der Waals surface area (Å²) in [5, 5.41) is 11.4. The first-order valence-corrected chi connectivity index (χ1v) is 10.8. The molecule has 8 heteroatoms. The lowest BCUT2D eigenvalue weighted by Gasteiger charge is -2.41. The normalized spacial score (nSPS) is 19.8. The number of benzene rings is 1. The molecule has 1 fully saturated rings. The van der Waals surface area contributed by atoms with Gasteiger partial charge in [0.05, 0.1) is 6.61 Å². The fraction of sp³-hybridized carbons (Fsp3) is 0.591. The Kier molecular flexibility index (Phi) is 6.15. The zero-order valence-corrected chi connectivity index (χ0v) is 17.7. The summed E-state index contributed by atoms with van der Waals surface area (Å²) in [5.41, 5.74) is 0.949. The van der Waals surface area contributed by atoms with Crippen LogP contribution in [0.25, 0.3) is 0 Å². The van der Waals surface area contributed by atoms with Crippen LogP contribution in [0.3, 0.4) is 0 Å². The molecule has 1 saturated heterocycles. The van der Waals surface area contributed by atoms with E-state index in [0.717, 1.165) is 44.5 Å². The maximum atomic E-state index is 13.5. The Morgan fingerprint density at radius 3 is 2.87 bits per heavy atom. The van der Waals surface area contributed by atoms with E-state index in [1.165, 1.54) is 6.07 Å². The summed E-state index contributed by atoms with van der Waals surface area (Å²) in [4.78, 5) is 15.1. The van der Waals surface area contributed by atoms with E-state index in [4.69, 9.17) is 4.74 Å². The van der Waals surface area contributed by atoms with Crippen LogP contribution in [-0.2, 0) is 24.4 Å². The van der Waals surface area contributed by atoms with Crippen molar-refractivity contribution in [3.05, 3.63) is 47.3 Å². The average Bonchev–Trinajstić information content (AvgIpc) is 3.03. The lowest BCUT2D eigenvalue weighted by Crippen LogP contribution is -2.44. The van der Waals surface area contributed by atoms with Crippen molar-refractivity contribution in [2.45, 2.75) is 58.8 Å². The zero-order valence-electron chi connectivity index (χ0n) is 17.7. The highest BCUT2D eigenvalue weighted by Crippen LogP contribution is 2.36. The lowest BCUT2D eigenvalue weighted by atomic mass is 9.78. The number of fused-ring (bicyclic) bond motifs is 1. The first-order chi connectivity index (χ1) is 14.5. The number of rotatable bonds is 5. The highest BCUT2D eigenvalue weighted by molar-refractivity contribution is 5.90. The first kappa shape index (κ1) is 20.9. The minimum Gasteiger partial charge on any atom is -0.373 e. The van der Waals surface area contributed by atoms with Gasteiger partial charge in [0.25, 0.3) is 5.91 Å². The van der Waals surface area contributed by atoms with Crippen molar-refractivity contribution in [3.63, 3.8) is 0 Å². The third-order valence-corrected chi connectivity index (χ3v) is 6.37. The largest absolute Gasteiger partial charge is 0.373 e. The van der Waals surface area contributed by atoms with E-state index in [2.05, 4.69) is 20.4 Å². The van der Waals surface area contributed by atoms with Crippen LogP contribution in [0.5, 0.6) is 0 Å². The molecule has 7 nitrogen and oxygen atoms in total. The first-order valence-electron chi connectivity index (χ1n) is 10.8. The van der Waals surface area contributed by atoms with E-state index in [0.29, 0.717) is 31.4 Å². The van der Waals surface area contributed by atoms with E-state index < -0.39 is 0 Å². The molecule has 0 bridgehead atoms. The van der Waals surface area contributed by atoms with Crippen molar-refractivity contribution in [3.8, 4) is 0 Å². The molecule has 3 heterocycles. The number of nitrogens with one attached hydrogen (secondary N) is 1. The molecule has 4 rings (SSSR count). The Labute approximate surface area is 176 Å². The summed E-state index contributed by atoms with van der Waals surface area (Å²) >= 11 is 0. The predicted molar refractivity (Wildman–Crippen MR) is 110 cm³/mol. The van der Waals surface area contributed by atoms with Crippen LogP contribution in [0.1, 0.15) is 55.1 Å². The zero-order chi connectivity index (χ0) is 21.1. The van der Waals surface area contributed by atoms with Gasteiger partial charge in [-0.3, -0.25) is 9.69 Å². The third kappa shape index (κ3) is 4.54. The summed E-state index contributed by atoms with van der Waals surface area (Å²) in [6, 6.07) is 6.89. The topological polar surface area (TPSA) is 72.3 Å². The van der Waals surface area contributed by atoms with Crippen LogP contribution in [0.4, 0.5) is 4.39 Å². The second-order valence-corrected chi connectivity index (χ2v) is 8.71. The molecule has 1 N–H and O–H groups in total. The minimum absolute atomic E-state index is 0.0442. The smallest absolute Gasteiger partial charge is 0.289 e. The molecule has 162 valence electrons. The molecule has 2 aromatic rings. The molecule has 0 saturated carbocycles. The number of halogens is 1. The van der Waals surface area contributed by atoms with Crippen molar-refractivity contribution in [2.24, 2.45) is 5.41 Å². The van der Waals surface area contributed by atoms with Crippen molar-refractivity contribution < 1.29 is 13.9 Å². The number of hydrogen-bond acceptors (Lipinski definition) is 5. The highest BCUT2D eigenvalue weighted by Gasteiger charge is 2.39. The minimum atomic E-state index is -0.193. The SMILES string of the molecule is CC[C@@H](C)NC(=O)c1nnc2n1CC1(CCN(Cc3cccc(F)c3)CC1)COC2. The fourth-order valence-electron chi connectivity index (χ4n) is 4.29. The van der Waals surface area contributed by atoms with Crippen LogP contribution in [0, 0.1) is 11.2 Å². The summed E-state index contributed by atoms with van der Waals surface area (Å²) in [6.45, 7) is 8.29. The summed E-state index contributed by atoms with van der Waals surface area (Å²) < 4.78 is 21.4. The Hall–Kier alpha value is -2.32. The predicted octanol–water partition coefficient (Wildman–Crippen LogP) is 2.76. The van der Waals surface area contributed by atoms with E-state index in [9.17, 15) is 9.18 Å². The monoisotopic (exact) mass is 415 g/mol. The van der Waals surface area contributed by atoms with Gasteiger partial charge in [0.15, 0.2) is 5.82 Å². The Morgan fingerprint density at radius 1 is 1.33 bits per heavy atom. The van der Waals surface area contributed by atoms with Gasteiger partial charge in [0.2, 0.25) is 5.82 Å². The van der Waals surface area contributed by atoms with Gasteiger partial charge in [-0.25, -0.2) is 4.39 Å². The average molecular weight is 416 g/mol. The highest BCUT2D eigenvalue weighted by atomic mass is 19.1. The molecule has 30 heavy (non-hydrogen) atoms. The van der Waals surface area contributed by atoms with Crippen LogP contribution < -0.4 is 5.32 Å². The number of amides is 1. The van der Waals surface area contributed by atoms with Crippen molar-refractivity contribution >= 4 is 5.91 Å². The second-order valence-electron chi connectivity index (χ2n) is 8.71. The van der Waals surface area contributed by atoms with Gasteiger partial charge in [-0.1, -0.05) is 19.1 Å². The molecule has 1 aromatic carbocycles. The summed E-state index contributed by atoms with van der Waals surface area (Å²) in [5.74, 6) is 0.714. The van der Waals surface area contributed by atoms with Crippen molar-refractivity contribution in [2.75, 3.05) is 19.7 Å². The van der Waals surface area contributed by atoms with Gasteiger partial charge in [0.1, 0.15) is 12.4 Å². The number of carbonyl (C=O) groups is 1. The number of piperidine rings is 1. The molecule has 2 aliphatic heterocycles. The standard InChI is InChI=1S/C22H30FN5O2/c1-3-16(2)24-21(29)20-26-25-19-13-30-15-22(14-28(19)20)7-9-27(10-8-22)12-17-5-4-6-18(23)11-17/h4-6,11,16H,3,7-10,12-15H2,1-2H3,(H,24,29)/t16-/m1/s1. The Morgan fingerprint density at radius 2 is 2.13 bits per heavy atom. The van der Waals surface area contributed by atoms with Crippen LogP contribution in [-0.4, -0.2) is 51.3 Å². The van der Waals surface area contributed by atoms with Gasteiger partial charge in [-0.15, -0.1) is 10.2 Å². The van der Waals surface area contributed by atoms with Gasteiger partial charge in [0, 0.05) is 24.5 Å². The van der Waals surface area contributed by atoms with Crippen LogP contribution >= 0.6 is 0 Å². The fourth-order valence-corrected chi connectivity index (χ4v) is 4.29. The molecule has 0 aliphatic carbocycles. The molecular formula is C22H30FN5O2. The van der Waals surface area contributed by atoms with Gasteiger partial charge in [-0.2, -0.15) is 0 Å². The molecule has 0 radical (unpaired) electrons. The molecular weight excluding hydrogens is 385 g/mol. The lowest BCUT2D eigenvalue weighted by molar-refractivity contribution is -0.00571. The number of nitrogens with zero attached hydrogens (tertiary/aromatic N) is 4. The van der Waals surface area contributed by atoms with Crippen molar-refractivity contribution in [1.29, 1.82) is 0 Å². The van der Waals surface area contributed by atoms with E-state index in [1.807, 2.05) is 24.5 Å². The molecule has 1 atom stereocenters. The third-order valence-electron chi connectivity index (χ3n) is 6.37. The number of ether oxygens (including phenoxy) is 1. The maximum absolute atomic E-state index is 13.5. The van der Waals surface area contributed by atoms with Crippen LogP contribution in [0.15, 0.2) is 24.3 Å². The van der Waals surface area contributed by atoms with Gasteiger partial charge < -0.3 is 14.6 Å². The number of hydrogen-bond donors (Lipinski definition) is 1. The van der Waals surface area contributed by atoms with E-state index >= 15 is 0 Å². The summed E-state index contributed by atoms with van der Waals surface area (Å²) in [7, 11) is 0. The number of carbonyl (C=O) groups excluding carboxylic acids is 1. The molecule has 1 aromatic heterocycles. The molecule has 1 spiro atoms. The maximum Gasteiger partial charge on any atom is 0.289 e. The van der Waals surface area contributed by atoms with E-state index in [-0.39, 0.29) is 23.2 Å². The van der Waals surface area contributed by atoms with Crippen molar-refractivity contribution in [1.82, 2.24) is 25.0 Å². The Bertz CT molecular complexity index is 891. The molecule has 2 aliphatic rings. The second kappa shape index (κ2) is 8.81.